The summed E-state index contributed by atoms with van der Waals surface area (Å²) in [5.74, 6) is -5.15. The number of hydrogen-bond acceptors (Lipinski definition) is 4. The molecule has 0 atom stereocenters. The first-order valence-electron chi connectivity index (χ1n) is 8.31. The number of hydrogen-bond donors (Lipinski definition) is 2. The highest BCUT2D eigenvalue weighted by Gasteiger charge is 2.33. The molecule has 27 heavy (non-hydrogen) atoms. The minimum absolute atomic E-state index is 0.116. The fourth-order valence-electron chi connectivity index (χ4n) is 2.89. The molecule has 8 heteroatoms. The van der Waals surface area contributed by atoms with Crippen molar-refractivity contribution in [2.75, 3.05) is 23.3 Å². The third-order valence-electron chi connectivity index (χ3n) is 4.47. The first-order chi connectivity index (χ1) is 12.8. The van der Waals surface area contributed by atoms with E-state index < -0.39 is 23.4 Å². The second-order valence-corrected chi connectivity index (χ2v) is 6.36. The number of rotatable bonds is 4. The first-order valence-corrected chi connectivity index (χ1v) is 8.31. The van der Waals surface area contributed by atoms with E-state index in [4.69, 9.17) is 0 Å². The second kappa shape index (κ2) is 7.30. The number of phenolic OH excluding ortho intramolecular Hbond substituents is 1. The third-order valence-corrected chi connectivity index (χ3v) is 4.47. The molecule has 0 unspecified atom stereocenters. The molecule has 1 fully saturated rings. The summed E-state index contributed by atoms with van der Waals surface area (Å²) >= 11 is 0. The lowest BCUT2D eigenvalue weighted by atomic mass is 10.1. The SMILES string of the molecule is O=Cc1cc(C(=O)Nc2ccc(N3CCC(F)(F)CC3)cc2)cc(F)c1O. The van der Waals surface area contributed by atoms with Gasteiger partial charge < -0.3 is 15.3 Å². The van der Waals surface area contributed by atoms with Gasteiger partial charge in [-0.15, -0.1) is 0 Å². The van der Waals surface area contributed by atoms with Gasteiger partial charge in [0.25, 0.3) is 11.8 Å². The molecule has 1 saturated heterocycles. The monoisotopic (exact) mass is 378 g/mol. The summed E-state index contributed by atoms with van der Waals surface area (Å²) < 4.78 is 40.1. The summed E-state index contributed by atoms with van der Waals surface area (Å²) in [5.41, 5.74) is 0.752. The maximum atomic E-state index is 13.6. The number of nitrogens with one attached hydrogen (secondary N) is 1. The molecule has 1 aliphatic heterocycles. The molecule has 0 aromatic heterocycles. The maximum absolute atomic E-state index is 13.6. The van der Waals surface area contributed by atoms with Crippen LogP contribution in [0.15, 0.2) is 36.4 Å². The molecule has 0 saturated carbocycles. The van der Waals surface area contributed by atoms with Crippen LogP contribution in [0.2, 0.25) is 0 Å². The maximum Gasteiger partial charge on any atom is 0.255 e. The number of carbonyl (C=O) groups is 2. The van der Waals surface area contributed by atoms with Gasteiger partial charge in [0.05, 0.1) is 5.56 Å². The number of alkyl halides is 2. The second-order valence-electron chi connectivity index (χ2n) is 6.36. The molecule has 1 amide bonds. The van der Waals surface area contributed by atoms with Crippen LogP contribution in [0.4, 0.5) is 24.5 Å². The van der Waals surface area contributed by atoms with Crippen LogP contribution in [-0.4, -0.2) is 36.3 Å². The Morgan fingerprint density at radius 3 is 2.37 bits per heavy atom. The zero-order valence-corrected chi connectivity index (χ0v) is 14.2. The fraction of sp³-hybridized carbons (Fsp3) is 0.263. The highest BCUT2D eigenvalue weighted by Crippen LogP contribution is 2.31. The van der Waals surface area contributed by atoms with Gasteiger partial charge in [-0.1, -0.05) is 0 Å². The van der Waals surface area contributed by atoms with Crippen molar-refractivity contribution in [3.8, 4) is 5.75 Å². The molecule has 0 radical (unpaired) electrons. The summed E-state index contributed by atoms with van der Waals surface area (Å²) in [6.45, 7) is 0.500. The molecule has 2 aromatic rings. The summed E-state index contributed by atoms with van der Waals surface area (Å²) in [4.78, 5) is 24.9. The van der Waals surface area contributed by atoms with E-state index in [1.54, 1.807) is 24.3 Å². The number of carbonyl (C=O) groups excluding carboxylic acids is 2. The first kappa shape index (κ1) is 18.8. The molecule has 0 spiro atoms. The third kappa shape index (κ3) is 4.21. The number of aldehydes is 1. The van der Waals surface area contributed by atoms with Crippen LogP contribution in [0, 0.1) is 5.82 Å². The molecule has 2 aromatic carbocycles. The molecule has 142 valence electrons. The van der Waals surface area contributed by atoms with Crippen molar-refractivity contribution in [3.63, 3.8) is 0 Å². The summed E-state index contributed by atoms with van der Waals surface area (Å²) in [6.07, 6.45) is -0.139. The van der Waals surface area contributed by atoms with Gasteiger partial charge in [-0.05, 0) is 36.4 Å². The molecule has 0 bridgehead atoms. The van der Waals surface area contributed by atoms with Gasteiger partial charge in [0.15, 0.2) is 17.9 Å². The van der Waals surface area contributed by atoms with E-state index in [1.807, 2.05) is 4.90 Å². The lowest BCUT2D eigenvalue weighted by Crippen LogP contribution is -2.39. The molecular weight excluding hydrogens is 361 g/mol. The van der Waals surface area contributed by atoms with Crippen LogP contribution < -0.4 is 10.2 Å². The number of piperidine rings is 1. The van der Waals surface area contributed by atoms with E-state index in [9.17, 15) is 27.9 Å². The van der Waals surface area contributed by atoms with E-state index in [0.717, 1.165) is 17.8 Å². The van der Waals surface area contributed by atoms with Crippen molar-refractivity contribution < 1.29 is 27.9 Å². The Morgan fingerprint density at radius 1 is 1.15 bits per heavy atom. The lowest BCUT2D eigenvalue weighted by Gasteiger charge is -2.33. The van der Waals surface area contributed by atoms with Gasteiger partial charge in [-0.25, -0.2) is 13.2 Å². The normalized spacial score (nSPS) is 16.0. The molecule has 1 heterocycles. The Labute approximate surface area is 153 Å². The number of benzene rings is 2. The largest absolute Gasteiger partial charge is 0.504 e. The van der Waals surface area contributed by atoms with Crippen LogP contribution >= 0.6 is 0 Å². The average Bonchev–Trinajstić information content (AvgIpc) is 2.64. The van der Waals surface area contributed by atoms with E-state index in [0.29, 0.717) is 5.69 Å². The highest BCUT2D eigenvalue weighted by molar-refractivity contribution is 6.05. The van der Waals surface area contributed by atoms with E-state index >= 15 is 0 Å². The molecule has 3 rings (SSSR count). The zero-order chi connectivity index (χ0) is 19.6. The Balaban J connectivity index is 1.69. The standard InChI is InChI=1S/C19H17F3N2O3/c20-16-10-12(9-13(11-25)17(16)26)18(27)23-14-1-3-15(4-2-14)24-7-5-19(21,22)6-8-24/h1-4,9-11,26H,5-8H2,(H,23,27). The summed E-state index contributed by atoms with van der Waals surface area (Å²) in [7, 11) is 0. The molecule has 2 N–H and O–H groups in total. The van der Waals surface area contributed by atoms with E-state index in [1.165, 1.54) is 0 Å². The molecule has 1 aliphatic rings. The van der Waals surface area contributed by atoms with Gasteiger partial charge in [0.1, 0.15) is 0 Å². The van der Waals surface area contributed by atoms with Crippen molar-refractivity contribution in [1.82, 2.24) is 0 Å². The number of nitrogens with zero attached hydrogens (tertiary/aromatic N) is 1. The van der Waals surface area contributed by atoms with Gasteiger partial charge in [-0.3, -0.25) is 9.59 Å². The zero-order valence-electron chi connectivity index (χ0n) is 14.2. The summed E-state index contributed by atoms with van der Waals surface area (Å²) in [5, 5.41) is 11.9. The van der Waals surface area contributed by atoms with E-state index in [2.05, 4.69) is 5.32 Å². The molecule has 0 aliphatic carbocycles. The van der Waals surface area contributed by atoms with Crippen molar-refractivity contribution in [3.05, 3.63) is 53.3 Å². The molecular formula is C19H17F3N2O3. The minimum atomic E-state index is -2.62. The Bertz CT molecular complexity index is 859. The number of aromatic hydroxyl groups is 1. The number of halogens is 3. The highest BCUT2D eigenvalue weighted by atomic mass is 19.3. The average molecular weight is 378 g/mol. The van der Waals surface area contributed by atoms with Crippen LogP contribution in [0.5, 0.6) is 5.75 Å². The minimum Gasteiger partial charge on any atom is -0.504 e. The van der Waals surface area contributed by atoms with Crippen molar-refractivity contribution in [2.24, 2.45) is 0 Å². The van der Waals surface area contributed by atoms with Crippen LogP contribution in [0.1, 0.15) is 33.6 Å². The predicted octanol–water partition coefficient (Wildman–Crippen LogP) is 3.83. The Kier molecular flexibility index (Phi) is 5.07. The van der Waals surface area contributed by atoms with Crippen LogP contribution in [-0.2, 0) is 0 Å². The Morgan fingerprint density at radius 2 is 1.78 bits per heavy atom. The number of amides is 1. The van der Waals surface area contributed by atoms with E-state index in [-0.39, 0.29) is 43.3 Å². The Hall–Kier alpha value is -3.03. The molecule has 5 nitrogen and oxygen atoms in total. The van der Waals surface area contributed by atoms with Crippen molar-refractivity contribution in [2.45, 2.75) is 18.8 Å². The number of phenols is 1. The van der Waals surface area contributed by atoms with Gasteiger partial charge in [0, 0.05) is 42.9 Å². The van der Waals surface area contributed by atoms with Gasteiger partial charge in [-0.2, -0.15) is 0 Å². The van der Waals surface area contributed by atoms with Gasteiger partial charge in [0.2, 0.25) is 0 Å². The lowest BCUT2D eigenvalue weighted by molar-refractivity contribution is -0.0220. The summed E-state index contributed by atoms with van der Waals surface area (Å²) in [6, 6.07) is 8.54. The van der Waals surface area contributed by atoms with Gasteiger partial charge >= 0.3 is 0 Å². The van der Waals surface area contributed by atoms with Crippen LogP contribution in [0.25, 0.3) is 0 Å². The predicted molar refractivity (Wildman–Crippen MR) is 94.2 cm³/mol. The smallest absolute Gasteiger partial charge is 0.255 e. The van der Waals surface area contributed by atoms with Crippen molar-refractivity contribution >= 4 is 23.6 Å². The fourth-order valence-corrected chi connectivity index (χ4v) is 2.89. The topological polar surface area (TPSA) is 69.6 Å². The van der Waals surface area contributed by atoms with Crippen molar-refractivity contribution in [1.29, 1.82) is 0 Å². The quantitative estimate of drug-likeness (QED) is 0.794. The van der Waals surface area contributed by atoms with Crippen LogP contribution in [0.3, 0.4) is 0 Å². The number of anilines is 2.